The number of hydrogen-bond donors (Lipinski definition) is 0. The minimum atomic E-state index is -5.14. The van der Waals surface area contributed by atoms with E-state index in [9.17, 15) is 18.0 Å². The van der Waals surface area contributed by atoms with Crippen LogP contribution in [0.1, 0.15) is 16.2 Å². The second-order valence-corrected chi connectivity index (χ2v) is 9.09. The normalized spacial score (nSPS) is 15.1. The molecule has 6 nitrogen and oxygen atoms in total. The summed E-state index contributed by atoms with van der Waals surface area (Å²) < 4.78 is 48.2. The first kappa shape index (κ1) is 31.0. The molecule has 41 heavy (non-hydrogen) atoms. The molecule has 0 saturated carbocycles. The molecule has 2 aromatic carbocycles. The number of fused-ring (bicyclic) bond motifs is 1. The lowest BCUT2D eigenvalue weighted by Gasteiger charge is -2.48. The van der Waals surface area contributed by atoms with Crippen molar-refractivity contribution in [3.05, 3.63) is 29.6 Å². The van der Waals surface area contributed by atoms with Crippen LogP contribution >= 0.6 is 0 Å². The summed E-state index contributed by atoms with van der Waals surface area (Å²) in [6.45, 7) is -0.533. The predicted octanol–water partition coefficient (Wildman–Crippen LogP) is -6.43. The first-order valence-electron chi connectivity index (χ1n) is 11.3. The van der Waals surface area contributed by atoms with Crippen LogP contribution < -0.4 is 48.0 Å². The van der Waals surface area contributed by atoms with Gasteiger partial charge in [-0.25, -0.2) is 9.97 Å². The van der Waals surface area contributed by atoms with E-state index in [0.717, 1.165) is 0 Å². The van der Waals surface area contributed by atoms with Gasteiger partial charge >= 0.3 is 6.36 Å². The summed E-state index contributed by atoms with van der Waals surface area (Å²) >= 11 is 0. The third-order valence-corrected chi connectivity index (χ3v) is 6.14. The minimum absolute atomic E-state index is 0.0373. The van der Waals surface area contributed by atoms with Crippen molar-refractivity contribution in [3.63, 3.8) is 0 Å². The number of halogens is 3. The molecule has 1 aromatic heterocycles. The molecule has 0 fully saturated rings. The van der Waals surface area contributed by atoms with Gasteiger partial charge in [0.25, 0.3) is 5.91 Å². The van der Waals surface area contributed by atoms with E-state index >= 15 is 0 Å². The van der Waals surface area contributed by atoms with Crippen molar-refractivity contribution in [2.75, 3.05) is 6.61 Å². The van der Waals surface area contributed by atoms with Gasteiger partial charge < -0.3 is 14.4 Å². The molecule has 4 rings (SSSR count). The lowest BCUT2D eigenvalue weighted by molar-refractivity contribution is -0.273. The summed E-state index contributed by atoms with van der Waals surface area (Å²) in [6, 6.07) is 3.90. The molecule has 1 aliphatic heterocycles. The second kappa shape index (κ2) is 10.4. The number of carbonyl (C=O) groups excluding carboxylic acids is 1. The Morgan fingerprint density at radius 2 is 1.41 bits per heavy atom. The largest absolute Gasteiger partial charge is 0.573 e. The fourth-order valence-electron chi connectivity index (χ4n) is 4.18. The molecule has 0 bridgehead atoms. The number of ether oxygens (including phenoxy) is 2. The summed E-state index contributed by atoms with van der Waals surface area (Å²) in [4.78, 5) is 22.4. The van der Waals surface area contributed by atoms with Gasteiger partial charge in [0.1, 0.15) is 87.9 Å². The molecule has 0 unspecified atom stereocenters. The summed E-state index contributed by atoms with van der Waals surface area (Å²) in [7, 11) is 65.9. The highest BCUT2D eigenvalue weighted by Crippen LogP contribution is 2.35. The highest BCUT2D eigenvalue weighted by molar-refractivity contribution is 6.61. The standard InChI is InChI=1S/C21H5B11F3N3O3/c22-9-8(10(23)12(25)14(11(9)24)41-21(33,34)35)5-1-2-7-6(3-5)17(39)38(19(29,30)4-40-7)20(31,32)18-36-15(27)13(26)16(28)37-18/h1-3H,4H2. The second-order valence-electron chi connectivity index (χ2n) is 9.09. The van der Waals surface area contributed by atoms with Crippen molar-refractivity contribution >= 4 is 131 Å². The van der Waals surface area contributed by atoms with E-state index in [1.807, 2.05) is 0 Å². The van der Waals surface area contributed by atoms with Crippen molar-refractivity contribution in [2.45, 2.75) is 17.0 Å². The van der Waals surface area contributed by atoms with E-state index < -0.39 is 63.0 Å². The van der Waals surface area contributed by atoms with Gasteiger partial charge in [0.15, 0.2) is 0 Å². The van der Waals surface area contributed by atoms with E-state index in [0.29, 0.717) is 4.90 Å². The Kier molecular flexibility index (Phi) is 7.89. The SMILES string of the molecule is [B]c1nc(C([B])([B])N2C(=O)c3cc(-c4c([B])c([B])c(OC(F)(F)F)c([B])c4[B])ccc3OCC2([B])[B])nc([B])c1[B]. The van der Waals surface area contributed by atoms with Crippen LogP contribution in [0.15, 0.2) is 18.2 Å². The highest BCUT2D eigenvalue weighted by Gasteiger charge is 2.45. The number of benzene rings is 2. The van der Waals surface area contributed by atoms with Crippen molar-refractivity contribution < 1.29 is 27.4 Å². The molecular formula is C21H5B11F3N3O3. The van der Waals surface area contributed by atoms with Gasteiger partial charge in [-0.2, -0.15) is 0 Å². The maximum Gasteiger partial charge on any atom is 0.573 e. The number of aromatic nitrogens is 2. The lowest BCUT2D eigenvalue weighted by atomic mass is 9.52. The molecular weight excluding hydrogens is 518 g/mol. The fourth-order valence-corrected chi connectivity index (χ4v) is 4.18. The van der Waals surface area contributed by atoms with Crippen molar-refractivity contribution in [3.8, 4) is 22.6 Å². The molecule has 2 heterocycles. The zero-order valence-electron chi connectivity index (χ0n) is 21.0. The van der Waals surface area contributed by atoms with Crippen LogP contribution in [0.2, 0.25) is 0 Å². The Morgan fingerprint density at radius 3 is 1.93 bits per heavy atom. The van der Waals surface area contributed by atoms with Crippen LogP contribution in [-0.2, 0) is 5.34 Å². The van der Waals surface area contributed by atoms with Crippen LogP contribution in [0.5, 0.6) is 11.5 Å². The number of carbonyl (C=O) groups is 1. The van der Waals surface area contributed by atoms with Crippen molar-refractivity contribution in [1.82, 2.24) is 14.9 Å². The third kappa shape index (κ3) is 5.51. The number of rotatable bonds is 4. The molecule has 0 atom stereocenters. The molecule has 1 amide bonds. The average molecular weight is 523 g/mol. The third-order valence-electron chi connectivity index (χ3n) is 6.14. The molecule has 0 spiro atoms. The number of amides is 1. The Morgan fingerprint density at radius 1 is 0.878 bits per heavy atom. The average Bonchev–Trinajstić information content (AvgIpc) is 2.96. The number of hydrogen-bond acceptors (Lipinski definition) is 5. The van der Waals surface area contributed by atoms with E-state index in [2.05, 4.69) is 14.7 Å². The first-order valence-corrected chi connectivity index (χ1v) is 11.3. The Hall–Kier alpha value is -2.91. The van der Waals surface area contributed by atoms with Gasteiger partial charge in [0.05, 0.1) is 27.9 Å². The zero-order valence-corrected chi connectivity index (χ0v) is 21.0. The molecule has 22 radical (unpaired) electrons. The van der Waals surface area contributed by atoms with Crippen molar-refractivity contribution in [2.24, 2.45) is 0 Å². The monoisotopic (exact) mass is 525 g/mol. The van der Waals surface area contributed by atoms with Crippen LogP contribution in [0, 0.1) is 0 Å². The van der Waals surface area contributed by atoms with Crippen LogP contribution in [0.3, 0.4) is 0 Å². The fraction of sp³-hybridized carbons (Fsp3) is 0.190. The van der Waals surface area contributed by atoms with Crippen LogP contribution in [0.25, 0.3) is 11.1 Å². The van der Waals surface area contributed by atoms with E-state index in [4.69, 9.17) is 91.0 Å². The van der Waals surface area contributed by atoms with Crippen LogP contribution in [0.4, 0.5) is 13.2 Å². The summed E-state index contributed by atoms with van der Waals surface area (Å²) in [5.41, 5.74) is -3.13. The highest BCUT2D eigenvalue weighted by atomic mass is 19.4. The van der Waals surface area contributed by atoms with Crippen molar-refractivity contribution in [1.29, 1.82) is 0 Å². The van der Waals surface area contributed by atoms with Gasteiger partial charge in [-0.3, -0.25) is 4.79 Å². The van der Waals surface area contributed by atoms with Gasteiger partial charge in [-0.1, -0.05) is 33.4 Å². The maximum absolute atomic E-state index is 13.9. The van der Waals surface area contributed by atoms with E-state index in [1.165, 1.54) is 18.2 Å². The number of nitrogens with zero attached hydrogens (tertiary/aromatic N) is 3. The quantitative estimate of drug-likeness (QED) is 0.319. The molecule has 20 heteroatoms. The van der Waals surface area contributed by atoms with E-state index in [1.54, 1.807) is 0 Å². The molecule has 0 N–H and O–H groups in total. The summed E-state index contributed by atoms with van der Waals surface area (Å²) in [5.74, 6) is -2.48. The summed E-state index contributed by atoms with van der Waals surface area (Å²) in [6.07, 6.45) is -5.14. The minimum Gasteiger partial charge on any atom is -0.492 e. The van der Waals surface area contributed by atoms with Gasteiger partial charge in [-0.05, 0) is 39.8 Å². The molecule has 3 aromatic rings. The Labute approximate surface area is 248 Å². The summed E-state index contributed by atoms with van der Waals surface area (Å²) in [5, 5.41) is -4.61. The topological polar surface area (TPSA) is 64.6 Å². The molecule has 0 aliphatic carbocycles. The molecule has 0 saturated heterocycles. The van der Waals surface area contributed by atoms with Gasteiger partial charge in [-0.15, -0.1) is 13.2 Å². The smallest absolute Gasteiger partial charge is 0.492 e. The Bertz CT molecular complexity index is 1540. The van der Waals surface area contributed by atoms with Gasteiger partial charge in [0.2, 0.25) is 0 Å². The number of alkyl halides is 3. The van der Waals surface area contributed by atoms with Crippen LogP contribution in [-0.4, -0.2) is 125 Å². The van der Waals surface area contributed by atoms with Gasteiger partial charge in [0, 0.05) is 5.34 Å². The zero-order chi connectivity index (χ0) is 30.8. The molecule has 176 valence electrons. The maximum atomic E-state index is 13.9. The predicted molar refractivity (Wildman–Crippen MR) is 157 cm³/mol. The first-order chi connectivity index (χ1) is 18.8. The van der Waals surface area contributed by atoms with E-state index in [-0.39, 0.29) is 39.1 Å². The molecule has 1 aliphatic rings. The Balaban J connectivity index is 1.88. The lowest BCUT2D eigenvalue weighted by Crippen LogP contribution is -2.66.